The minimum atomic E-state index is 0.131. The molecule has 150 valence electrons. The van der Waals surface area contributed by atoms with Crippen LogP contribution in [0.15, 0.2) is 83.8 Å². The molecule has 0 spiro atoms. The molecule has 1 atom stereocenters. The lowest BCUT2D eigenvalue weighted by molar-refractivity contribution is 0.123. The molecule has 3 aromatic rings. The molecular formula is C25H23N3O2. The summed E-state index contributed by atoms with van der Waals surface area (Å²) in [6.45, 7) is 3.75. The highest BCUT2D eigenvalue weighted by Crippen LogP contribution is 2.39. The van der Waals surface area contributed by atoms with Crippen LogP contribution in [0.5, 0.6) is 5.75 Å². The van der Waals surface area contributed by atoms with Gasteiger partial charge in [-0.05, 0) is 54.4 Å². The first kappa shape index (κ1) is 18.4. The summed E-state index contributed by atoms with van der Waals surface area (Å²) in [6, 6.07) is 22.5. The van der Waals surface area contributed by atoms with Crippen molar-refractivity contribution in [3.05, 3.63) is 101 Å². The van der Waals surface area contributed by atoms with Crippen molar-refractivity contribution >= 4 is 11.9 Å². The number of hydrogen-bond donors (Lipinski definition) is 0. The average molecular weight is 397 g/mol. The van der Waals surface area contributed by atoms with Gasteiger partial charge >= 0.3 is 0 Å². The Morgan fingerprint density at radius 1 is 0.967 bits per heavy atom. The molecule has 2 aliphatic rings. The molecule has 30 heavy (non-hydrogen) atoms. The molecule has 0 bridgehead atoms. The van der Waals surface area contributed by atoms with Crippen LogP contribution >= 0.6 is 0 Å². The predicted molar refractivity (Wildman–Crippen MR) is 117 cm³/mol. The standard InChI is InChI=1S/C25H23N3O2/c1-2-29-21-12-10-18(11-13-21)25-27-16-23-22-9-4-3-7-19(22)15-24(28(23)25)30-17-20-8-5-6-14-26-20/h3-15,23H,2,16-17H2,1H3. The lowest BCUT2D eigenvalue weighted by atomic mass is 9.96. The first-order chi connectivity index (χ1) is 14.8. The smallest absolute Gasteiger partial charge is 0.196 e. The Labute approximate surface area is 176 Å². The number of amidine groups is 1. The molecule has 0 amide bonds. The number of aromatic nitrogens is 1. The molecule has 0 fully saturated rings. The van der Waals surface area contributed by atoms with Crippen molar-refractivity contribution in [2.24, 2.45) is 4.99 Å². The van der Waals surface area contributed by atoms with Crippen molar-refractivity contribution < 1.29 is 9.47 Å². The minimum Gasteiger partial charge on any atom is -0.494 e. The highest BCUT2D eigenvalue weighted by Gasteiger charge is 2.37. The van der Waals surface area contributed by atoms with Gasteiger partial charge in [-0.3, -0.25) is 14.9 Å². The van der Waals surface area contributed by atoms with E-state index in [9.17, 15) is 0 Å². The maximum Gasteiger partial charge on any atom is 0.196 e. The largest absolute Gasteiger partial charge is 0.494 e. The van der Waals surface area contributed by atoms with Gasteiger partial charge < -0.3 is 9.47 Å². The van der Waals surface area contributed by atoms with E-state index in [1.54, 1.807) is 6.20 Å². The lowest BCUT2D eigenvalue weighted by Gasteiger charge is -2.34. The first-order valence-corrected chi connectivity index (χ1v) is 10.2. The molecule has 1 unspecified atom stereocenters. The molecule has 5 nitrogen and oxygen atoms in total. The highest BCUT2D eigenvalue weighted by atomic mass is 16.5. The lowest BCUT2D eigenvalue weighted by Crippen LogP contribution is -2.34. The van der Waals surface area contributed by atoms with Gasteiger partial charge in [0, 0.05) is 17.8 Å². The van der Waals surface area contributed by atoms with Gasteiger partial charge in [0.05, 0.1) is 24.9 Å². The molecule has 0 aliphatic carbocycles. The van der Waals surface area contributed by atoms with Crippen LogP contribution in [-0.2, 0) is 11.3 Å². The van der Waals surface area contributed by atoms with Crippen molar-refractivity contribution in [2.45, 2.75) is 19.6 Å². The van der Waals surface area contributed by atoms with E-state index in [0.29, 0.717) is 19.8 Å². The summed E-state index contributed by atoms with van der Waals surface area (Å²) >= 11 is 0. The summed E-state index contributed by atoms with van der Waals surface area (Å²) in [7, 11) is 0. The number of ether oxygens (including phenoxy) is 2. The Morgan fingerprint density at radius 2 is 1.80 bits per heavy atom. The monoisotopic (exact) mass is 397 g/mol. The van der Waals surface area contributed by atoms with Gasteiger partial charge in [-0.25, -0.2) is 0 Å². The minimum absolute atomic E-state index is 0.131. The second kappa shape index (κ2) is 8.03. The maximum absolute atomic E-state index is 6.27. The van der Waals surface area contributed by atoms with Gasteiger partial charge in [-0.15, -0.1) is 0 Å². The molecule has 2 aromatic carbocycles. The molecular weight excluding hydrogens is 374 g/mol. The van der Waals surface area contributed by atoms with Gasteiger partial charge in [-0.2, -0.15) is 0 Å². The van der Waals surface area contributed by atoms with Crippen LogP contribution in [0.3, 0.4) is 0 Å². The molecule has 0 saturated carbocycles. The number of hydrogen-bond acceptors (Lipinski definition) is 5. The summed E-state index contributed by atoms with van der Waals surface area (Å²) in [6.07, 6.45) is 3.89. The first-order valence-electron chi connectivity index (χ1n) is 10.2. The van der Waals surface area contributed by atoms with E-state index in [-0.39, 0.29) is 6.04 Å². The molecule has 5 rings (SSSR count). The summed E-state index contributed by atoms with van der Waals surface area (Å²) < 4.78 is 11.9. The van der Waals surface area contributed by atoms with Crippen LogP contribution in [0.25, 0.3) is 6.08 Å². The zero-order valence-corrected chi connectivity index (χ0v) is 16.9. The van der Waals surface area contributed by atoms with Crippen LogP contribution in [-0.4, -0.2) is 28.9 Å². The van der Waals surface area contributed by atoms with Crippen LogP contribution < -0.4 is 4.74 Å². The van der Waals surface area contributed by atoms with Gasteiger partial charge in [0.25, 0.3) is 0 Å². The zero-order chi connectivity index (χ0) is 20.3. The summed E-state index contributed by atoms with van der Waals surface area (Å²) in [5.41, 5.74) is 4.39. The topological polar surface area (TPSA) is 47.0 Å². The van der Waals surface area contributed by atoms with Gasteiger partial charge in [0.15, 0.2) is 5.88 Å². The maximum atomic E-state index is 6.27. The fourth-order valence-corrected chi connectivity index (χ4v) is 3.96. The molecule has 5 heteroatoms. The van der Waals surface area contributed by atoms with E-state index in [1.165, 1.54) is 11.1 Å². The SMILES string of the molecule is CCOc1ccc(C2=NCC3c4ccccc4C=C(OCc4ccccn4)N23)cc1. The number of fused-ring (bicyclic) bond motifs is 3. The van der Waals surface area contributed by atoms with Crippen LogP contribution in [0.1, 0.15) is 35.3 Å². The summed E-state index contributed by atoms with van der Waals surface area (Å²) in [5, 5.41) is 0. The number of benzene rings is 2. The van der Waals surface area contributed by atoms with Crippen LogP contribution in [0.2, 0.25) is 0 Å². The van der Waals surface area contributed by atoms with E-state index in [4.69, 9.17) is 14.5 Å². The van der Waals surface area contributed by atoms with Crippen LogP contribution in [0, 0.1) is 0 Å². The van der Waals surface area contributed by atoms with E-state index in [2.05, 4.69) is 52.4 Å². The Kier molecular flexibility index (Phi) is 4.93. The number of rotatable bonds is 6. The van der Waals surface area contributed by atoms with Gasteiger partial charge in [0.2, 0.25) is 0 Å². The molecule has 0 radical (unpaired) electrons. The highest BCUT2D eigenvalue weighted by molar-refractivity contribution is 6.02. The quantitative estimate of drug-likeness (QED) is 0.599. The normalized spacial score (nSPS) is 17.0. The van der Waals surface area contributed by atoms with Crippen molar-refractivity contribution in [3.8, 4) is 5.75 Å². The zero-order valence-electron chi connectivity index (χ0n) is 16.9. The third kappa shape index (κ3) is 3.43. The van der Waals surface area contributed by atoms with Crippen molar-refractivity contribution in [2.75, 3.05) is 13.2 Å². The Hall–Kier alpha value is -3.60. The fourth-order valence-electron chi connectivity index (χ4n) is 3.96. The average Bonchev–Trinajstić information content (AvgIpc) is 3.25. The second-order valence-electron chi connectivity index (χ2n) is 7.23. The second-order valence-corrected chi connectivity index (χ2v) is 7.23. The Morgan fingerprint density at radius 3 is 2.60 bits per heavy atom. The van der Waals surface area contributed by atoms with Crippen molar-refractivity contribution in [1.29, 1.82) is 0 Å². The van der Waals surface area contributed by atoms with Gasteiger partial charge in [-0.1, -0.05) is 30.3 Å². The molecule has 1 aromatic heterocycles. The fraction of sp³-hybridized carbons (Fsp3) is 0.200. The molecule has 3 heterocycles. The van der Waals surface area contributed by atoms with Crippen molar-refractivity contribution in [3.63, 3.8) is 0 Å². The van der Waals surface area contributed by atoms with Gasteiger partial charge in [0.1, 0.15) is 18.2 Å². The number of nitrogens with zero attached hydrogens (tertiary/aromatic N) is 3. The van der Waals surface area contributed by atoms with E-state index < -0.39 is 0 Å². The molecule has 0 N–H and O–H groups in total. The summed E-state index contributed by atoms with van der Waals surface area (Å²) in [4.78, 5) is 11.5. The Bertz CT molecular complexity index is 1090. The van der Waals surface area contributed by atoms with E-state index in [0.717, 1.165) is 28.7 Å². The Balaban J connectivity index is 1.47. The van der Waals surface area contributed by atoms with Crippen LogP contribution in [0.4, 0.5) is 0 Å². The van der Waals surface area contributed by atoms with E-state index >= 15 is 0 Å². The third-order valence-electron chi connectivity index (χ3n) is 5.34. The summed E-state index contributed by atoms with van der Waals surface area (Å²) in [5.74, 6) is 2.59. The number of aliphatic imine (C=N–C) groups is 1. The molecule has 2 aliphatic heterocycles. The predicted octanol–water partition coefficient (Wildman–Crippen LogP) is 4.81. The van der Waals surface area contributed by atoms with Crippen molar-refractivity contribution in [1.82, 2.24) is 9.88 Å². The molecule has 0 saturated heterocycles. The number of pyridine rings is 1. The van der Waals surface area contributed by atoms with E-state index in [1.807, 2.05) is 37.3 Å². The third-order valence-corrected chi connectivity index (χ3v) is 5.34.